The molecule has 1 heterocycles. The van der Waals surface area contributed by atoms with Crippen LogP contribution in [-0.4, -0.2) is 56.0 Å². The Balaban J connectivity index is 2.29. The molecule has 0 aliphatic carbocycles. The number of hydrogen-bond acceptors (Lipinski definition) is 5. The van der Waals surface area contributed by atoms with Crippen LogP contribution in [0.1, 0.15) is 18.5 Å². The summed E-state index contributed by atoms with van der Waals surface area (Å²) < 4.78 is 16.0. The van der Waals surface area contributed by atoms with Crippen molar-refractivity contribution >= 4 is 5.97 Å². The third-order valence-corrected chi connectivity index (χ3v) is 3.45. The fraction of sp³-hybridized carbons (Fsp3) is 0.533. The number of nitrogens with zero attached hydrogens (tertiary/aromatic N) is 1. The number of hydrogen-bond donors (Lipinski definition) is 1. The van der Waals surface area contributed by atoms with E-state index in [0.29, 0.717) is 50.0 Å². The molecule has 1 aromatic rings. The van der Waals surface area contributed by atoms with Gasteiger partial charge in [0.25, 0.3) is 0 Å². The maximum Gasteiger partial charge on any atom is 0.325 e. The number of carbonyl (C=O) groups is 1. The van der Waals surface area contributed by atoms with Gasteiger partial charge in [0, 0.05) is 13.1 Å². The average molecular weight is 295 g/mol. The van der Waals surface area contributed by atoms with E-state index in [4.69, 9.17) is 14.2 Å². The summed E-state index contributed by atoms with van der Waals surface area (Å²) in [4.78, 5) is 13.6. The van der Waals surface area contributed by atoms with E-state index < -0.39 is 12.0 Å². The van der Waals surface area contributed by atoms with Gasteiger partial charge in [0.05, 0.1) is 26.9 Å². The van der Waals surface area contributed by atoms with E-state index in [2.05, 4.69) is 0 Å². The largest absolute Gasteiger partial charge is 0.493 e. The van der Waals surface area contributed by atoms with Crippen molar-refractivity contribution in [1.82, 2.24) is 4.90 Å². The van der Waals surface area contributed by atoms with Gasteiger partial charge in [0.2, 0.25) is 0 Å². The first kappa shape index (κ1) is 15.6. The summed E-state index contributed by atoms with van der Waals surface area (Å²) in [5.41, 5.74) is 0.685. The van der Waals surface area contributed by atoms with E-state index >= 15 is 0 Å². The quantitative estimate of drug-likeness (QED) is 0.859. The van der Waals surface area contributed by atoms with E-state index in [9.17, 15) is 9.90 Å². The molecular formula is C15H21NO5. The van der Waals surface area contributed by atoms with Crippen LogP contribution >= 0.6 is 0 Å². The summed E-state index contributed by atoms with van der Waals surface area (Å²) in [6, 6.07) is 4.58. The van der Waals surface area contributed by atoms with Gasteiger partial charge in [-0.1, -0.05) is 6.07 Å². The van der Waals surface area contributed by atoms with Crippen molar-refractivity contribution in [1.29, 1.82) is 0 Å². The van der Waals surface area contributed by atoms with Crippen molar-refractivity contribution in [3.63, 3.8) is 0 Å². The minimum Gasteiger partial charge on any atom is -0.493 e. The molecule has 1 aliphatic rings. The Morgan fingerprint density at radius 2 is 2.10 bits per heavy atom. The summed E-state index contributed by atoms with van der Waals surface area (Å²) in [6.07, 6.45) is 0. The number of benzene rings is 1. The Morgan fingerprint density at radius 1 is 1.38 bits per heavy atom. The maximum atomic E-state index is 11.7. The summed E-state index contributed by atoms with van der Waals surface area (Å²) in [7, 11) is 1.55. The van der Waals surface area contributed by atoms with Crippen LogP contribution in [0.4, 0.5) is 0 Å². The molecule has 1 aliphatic heterocycles. The van der Waals surface area contributed by atoms with E-state index in [1.807, 2.05) is 11.8 Å². The zero-order chi connectivity index (χ0) is 15.2. The summed E-state index contributed by atoms with van der Waals surface area (Å²) >= 11 is 0. The molecule has 1 N–H and O–H groups in total. The molecule has 1 unspecified atom stereocenters. The predicted molar refractivity (Wildman–Crippen MR) is 76.9 cm³/mol. The van der Waals surface area contributed by atoms with E-state index in [0.717, 1.165) is 0 Å². The lowest BCUT2D eigenvalue weighted by Gasteiger charge is -2.32. The van der Waals surface area contributed by atoms with Crippen molar-refractivity contribution in [3.05, 3.63) is 23.8 Å². The summed E-state index contributed by atoms with van der Waals surface area (Å²) in [6.45, 7) is 4.73. The van der Waals surface area contributed by atoms with Crippen LogP contribution in [0.2, 0.25) is 0 Å². The molecule has 0 amide bonds. The van der Waals surface area contributed by atoms with Crippen LogP contribution in [0, 0.1) is 0 Å². The average Bonchev–Trinajstić information content (AvgIpc) is 2.50. The van der Waals surface area contributed by atoms with Crippen molar-refractivity contribution in [2.75, 3.05) is 40.0 Å². The van der Waals surface area contributed by atoms with Crippen LogP contribution in [-0.2, 0) is 9.53 Å². The van der Waals surface area contributed by atoms with Gasteiger partial charge in [-0.15, -0.1) is 0 Å². The lowest BCUT2D eigenvalue weighted by molar-refractivity contribution is -0.145. The fourth-order valence-electron chi connectivity index (χ4n) is 2.47. The molecule has 0 radical (unpaired) electrons. The molecule has 0 aromatic heterocycles. The Morgan fingerprint density at radius 3 is 2.67 bits per heavy atom. The predicted octanol–water partition coefficient (Wildman–Crippen LogP) is 1.55. The highest BCUT2D eigenvalue weighted by molar-refractivity contribution is 5.76. The van der Waals surface area contributed by atoms with Gasteiger partial charge in [0.15, 0.2) is 11.5 Å². The van der Waals surface area contributed by atoms with E-state index in [-0.39, 0.29) is 0 Å². The molecule has 0 saturated carbocycles. The van der Waals surface area contributed by atoms with Crippen molar-refractivity contribution in [2.24, 2.45) is 0 Å². The van der Waals surface area contributed by atoms with Crippen molar-refractivity contribution in [3.8, 4) is 11.5 Å². The number of morpholine rings is 1. The smallest absolute Gasteiger partial charge is 0.325 e. The molecule has 1 aromatic carbocycles. The molecule has 1 atom stereocenters. The van der Waals surface area contributed by atoms with Crippen LogP contribution in [0.3, 0.4) is 0 Å². The highest BCUT2D eigenvalue weighted by Crippen LogP contribution is 2.32. The van der Waals surface area contributed by atoms with Gasteiger partial charge in [-0.25, -0.2) is 0 Å². The number of methoxy groups -OCH3 is 1. The van der Waals surface area contributed by atoms with Crippen LogP contribution < -0.4 is 9.47 Å². The Kier molecular flexibility index (Phi) is 5.41. The van der Waals surface area contributed by atoms with Crippen molar-refractivity contribution in [2.45, 2.75) is 13.0 Å². The molecular weight excluding hydrogens is 274 g/mol. The Labute approximate surface area is 124 Å². The first-order valence-electron chi connectivity index (χ1n) is 7.02. The number of ether oxygens (including phenoxy) is 3. The summed E-state index contributed by atoms with van der Waals surface area (Å²) in [5, 5.41) is 9.56. The van der Waals surface area contributed by atoms with E-state index in [1.165, 1.54) is 0 Å². The first-order valence-corrected chi connectivity index (χ1v) is 7.02. The summed E-state index contributed by atoms with van der Waals surface area (Å²) in [5.74, 6) is 0.298. The highest BCUT2D eigenvalue weighted by Gasteiger charge is 2.29. The van der Waals surface area contributed by atoms with Crippen LogP contribution in [0.5, 0.6) is 11.5 Å². The molecule has 0 spiro atoms. The zero-order valence-electron chi connectivity index (χ0n) is 12.4. The minimum atomic E-state index is -0.872. The monoisotopic (exact) mass is 295 g/mol. The number of carboxylic acid groups (broad SMARTS) is 1. The Hall–Kier alpha value is -1.79. The van der Waals surface area contributed by atoms with Crippen LogP contribution in [0.25, 0.3) is 0 Å². The van der Waals surface area contributed by atoms with Gasteiger partial charge in [-0.05, 0) is 24.6 Å². The standard InChI is InChI=1S/C15H21NO5/c1-3-21-12-5-4-11(10-13(12)19-2)14(15(17)18)16-6-8-20-9-7-16/h4-5,10,14H,3,6-9H2,1-2H3,(H,17,18). The van der Waals surface area contributed by atoms with Gasteiger partial charge in [0.1, 0.15) is 6.04 Å². The molecule has 1 fully saturated rings. The topological polar surface area (TPSA) is 68.2 Å². The third kappa shape index (κ3) is 3.65. The van der Waals surface area contributed by atoms with Gasteiger partial charge >= 0.3 is 5.97 Å². The van der Waals surface area contributed by atoms with Crippen LogP contribution in [0.15, 0.2) is 18.2 Å². The SMILES string of the molecule is CCOc1ccc(C(C(=O)O)N2CCOCC2)cc1OC. The zero-order valence-corrected chi connectivity index (χ0v) is 12.4. The fourth-order valence-corrected chi connectivity index (χ4v) is 2.47. The van der Waals surface area contributed by atoms with Crippen molar-refractivity contribution < 1.29 is 24.1 Å². The number of carboxylic acids is 1. The second-order valence-corrected chi connectivity index (χ2v) is 4.73. The molecule has 21 heavy (non-hydrogen) atoms. The number of aliphatic carboxylic acids is 1. The van der Waals surface area contributed by atoms with Gasteiger partial charge in [-0.3, -0.25) is 9.69 Å². The molecule has 6 heteroatoms. The Bertz CT molecular complexity index is 485. The highest BCUT2D eigenvalue weighted by atomic mass is 16.5. The second-order valence-electron chi connectivity index (χ2n) is 4.73. The second kappa shape index (κ2) is 7.28. The lowest BCUT2D eigenvalue weighted by Crippen LogP contribution is -2.42. The minimum absolute atomic E-state index is 0.529. The molecule has 6 nitrogen and oxygen atoms in total. The van der Waals surface area contributed by atoms with Gasteiger partial charge in [-0.2, -0.15) is 0 Å². The van der Waals surface area contributed by atoms with E-state index in [1.54, 1.807) is 25.3 Å². The maximum absolute atomic E-state index is 11.7. The number of rotatable bonds is 6. The molecule has 116 valence electrons. The van der Waals surface area contributed by atoms with Gasteiger partial charge < -0.3 is 19.3 Å². The lowest BCUT2D eigenvalue weighted by atomic mass is 10.0. The normalized spacial score (nSPS) is 17.2. The molecule has 1 saturated heterocycles. The third-order valence-electron chi connectivity index (χ3n) is 3.45. The first-order chi connectivity index (χ1) is 10.2. The molecule has 2 rings (SSSR count). The molecule has 0 bridgehead atoms.